The van der Waals surface area contributed by atoms with Gasteiger partial charge >= 0.3 is 6.09 Å². The molecular formula is C16H19N3O5S. The first-order valence-electron chi connectivity index (χ1n) is 7.52. The molecule has 2 N–H and O–H groups in total. The Kier molecular flexibility index (Phi) is 6.31. The second-order valence-corrected chi connectivity index (χ2v) is 6.72. The second-order valence-electron chi connectivity index (χ2n) is 4.96. The highest BCUT2D eigenvalue weighted by Gasteiger charge is 2.14. The fourth-order valence-corrected chi connectivity index (χ4v) is 2.89. The van der Waals surface area contributed by atoms with Crippen LogP contribution >= 0.6 is 0 Å². The molecule has 2 aromatic rings. The van der Waals surface area contributed by atoms with Crippen LogP contribution in [0.2, 0.25) is 0 Å². The number of hydrazone groups is 1. The molecule has 134 valence electrons. The minimum Gasteiger partial charge on any atom is -0.468 e. The molecule has 0 radical (unpaired) electrons. The van der Waals surface area contributed by atoms with Crippen LogP contribution in [0.15, 0.2) is 57.1 Å². The van der Waals surface area contributed by atoms with Crippen molar-refractivity contribution in [2.75, 3.05) is 6.61 Å². The van der Waals surface area contributed by atoms with E-state index in [1.165, 1.54) is 18.4 Å². The smallest absolute Gasteiger partial charge is 0.427 e. The van der Waals surface area contributed by atoms with Crippen molar-refractivity contribution in [2.45, 2.75) is 25.3 Å². The molecule has 1 aromatic heterocycles. The highest BCUT2D eigenvalue weighted by Crippen LogP contribution is 2.12. The summed E-state index contributed by atoms with van der Waals surface area (Å²) in [4.78, 5) is 11.3. The number of nitrogens with zero attached hydrogens (tertiary/aromatic N) is 1. The van der Waals surface area contributed by atoms with Crippen LogP contribution in [0.4, 0.5) is 4.79 Å². The van der Waals surface area contributed by atoms with Crippen LogP contribution in [0.1, 0.15) is 25.2 Å². The molecule has 0 fully saturated rings. The number of carbonyl (C=O) groups is 1. The van der Waals surface area contributed by atoms with Crippen molar-refractivity contribution in [3.8, 4) is 0 Å². The predicted octanol–water partition coefficient (Wildman–Crippen LogP) is 2.23. The lowest BCUT2D eigenvalue weighted by Gasteiger charge is -2.07. The predicted molar refractivity (Wildman–Crippen MR) is 91.5 cm³/mol. The fourth-order valence-electron chi connectivity index (χ4n) is 1.90. The lowest BCUT2D eigenvalue weighted by atomic mass is 10.1. The first-order chi connectivity index (χ1) is 11.9. The standard InChI is InChI=1S/C16H19N3O5S/c1-3-23-16(20)19-18-12(2)13-6-8-15(9-7-13)25(21,22)17-11-14-5-4-10-24-14/h4-10,17H,3,11H2,1-2H3,(H,19,20)/b18-12-. The Hall–Kier alpha value is -2.65. The van der Waals surface area contributed by atoms with Gasteiger partial charge in [0, 0.05) is 0 Å². The highest BCUT2D eigenvalue weighted by molar-refractivity contribution is 7.89. The summed E-state index contributed by atoms with van der Waals surface area (Å²) in [5.74, 6) is 0.521. The van der Waals surface area contributed by atoms with E-state index in [4.69, 9.17) is 9.15 Å². The third kappa shape index (κ3) is 5.44. The number of furan rings is 1. The molecule has 25 heavy (non-hydrogen) atoms. The lowest BCUT2D eigenvalue weighted by molar-refractivity contribution is 0.152. The van der Waals surface area contributed by atoms with Crippen LogP contribution in [0.3, 0.4) is 0 Å². The Balaban J connectivity index is 2.02. The molecule has 1 amide bonds. The van der Waals surface area contributed by atoms with Gasteiger partial charge in [0.25, 0.3) is 0 Å². The minimum absolute atomic E-state index is 0.0705. The summed E-state index contributed by atoms with van der Waals surface area (Å²) >= 11 is 0. The Labute approximate surface area is 145 Å². The molecule has 0 saturated heterocycles. The third-order valence-electron chi connectivity index (χ3n) is 3.19. The van der Waals surface area contributed by atoms with Crippen molar-refractivity contribution in [3.05, 3.63) is 54.0 Å². The third-order valence-corrected chi connectivity index (χ3v) is 4.61. The Morgan fingerprint density at radius 1 is 1.24 bits per heavy atom. The van der Waals surface area contributed by atoms with Crippen molar-refractivity contribution in [1.29, 1.82) is 0 Å². The molecule has 0 aliphatic carbocycles. The van der Waals surface area contributed by atoms with Crippen molar-refractivity contribution >= 4 is 21.8 Å². The number of carbonyl (C=O) groups excluding carboxylic acids is 1. The van der Waals surface area contributed by atoms with E-state index in [2.05, 4.69) is 15.2 Å². The highest BCUT2D eigenvalue weighted by atomic mass is 32.2. The van der Waals surface area contributed by atoms with Crippen molar-refractivity contribution in [3.63, 3.8) is 0 Å². The molecule has 0 atom stereocenters. The molecule has 9 heteroatoms. The van der Waals surface area contributed by atoms with E-state index < -0.39 is 16.1 Å². The van der Waals surface area contributed by atoms with Gasteiger partial charge in [-0.15, -0.1) is 0 Å². The van der Waals surface area contributed by atoms with E-state index in [1.54, 1.807) is 38.1 Å². The zero-order valence-corrected chi connectivity index (χ0v) is 14.7. The molecule has 0 spiro atoms. The number of amides is 1. The summed E-state index contributed by atoms with van der Waals surface area (Å²) in [6, 6.07) is 9.50. The Morgan fingerprint density at radius 2 is 1.96 bits per heavy atom. The Bertz CT molecular complexity index is 827. The van der Waals surface area contributed by atoms with E-state index in [0.717, 1.165) is 0 Å². The number of ether oxygens (including phenoxy) is 1. The summed E-state index contributed by atoms with van der Waals surface area (Å²) < 4.78 is 36.7. The van der Waals surface area contributed by atoms with E-state index >= 15 is 0 Å². The second kappa shape index (κ2) is 8.45. The van der Waals surface area contributed by atoms with Gasteiger partial charge in [-0.3, -0.25) is 0 Å². The maximum Gasteiger partial charge on any atom is 0.427 e. The maximum atomic E-state index is 12.2. The zero-order valence-electron chi connectivity index (χ0n) is 13.9. The SMILES string of the molecule is CCOC(=O)N/N=C(/C)c1ccc(S(=O)(=O)NCc2ccco2)cc1. The number of hydrogen-bond donors (Lipinski definition) is 2. The molecule has 2 rings (SSSR count). The summed E-state index contributed by atoms with van der Waals surface area (Å²) in [6.07, 6.45) is 0.827. The molecule has 0 aliphatic heterocycles. The largest absolute Gasteiger partial charge is 0.468 e. The first kappa shape index (κ1) is 18.7. The lowest BCUT2D eigenvalue weighted by Crippen LogP contribution is -2.23. The maximum absolute atomic E-state index is 12.2. The van der Waals surface area contributed by atoms with E-state index in [0.29, 0.717) is 17.0 Å². The summed E-state index contributed by atoms with van der Waals surface area (Å²) in [5.41, 5.74) is 3.43. The average Bonchev–Trinajstić information content (AvgIpc) is 3.12. The van der Waals surface area contributed by atoms with Gasteiger partial charge in [0.15, 0.2) is 0 Å². The molecule has 0 saturated carbocycles. The van der Waals surface area contributed by atoms with Gasteiger partial charge in [-0.25, -0.2) is 23.4 Å². The monoisotopic (exact) mass is 365 g/mol. The zero-order chi connectivity index (χ0) is 18.3. The van der Waals surface area contributed by atoms with Crippen molar-refractivity contribution in [1.82, 2.24) is 10.1 Å². The van der Waals surface area contributed by atoms with Crippen molar-refractivity contribution in [2.24, 2.45) is 5.10 Å². The molecule has 0 aliphatic rings. The summed E-state index contributed by atoms with van der Waals surface area (Å²) in [7, 11) is -3.65. The van der Waals surface area contributed by atoms with Gasteiger partial charge in [0.2, 0.25) is 10.0 Å². The quantitative estimate of drug-likeness (QED) is 0.577. The number of benzene rings is 1. The van der Waals surface area contributed by atoms with Crippen LogP contribution in [0, 0.1) is 0 Å². The van der Waals surface area contributed by atoms with Gasteiger partial charge < -0.3 is 9.15 Å². The molecular weight excluding hydrogens is 346 g/mol. The van der Waals surface area contributed by atoms with Gasteiger partial charge in [-0.1, -0.05) is 12.1 Å². The van der Waals surface area contributed by atoms with E-state index in [-0.39, 0.29) is 18.0 Å². The van der Waals surface area contributed by atoms with Crippen LogP contribution in [0.5, 0.6) is 0 Å². The topological polar surface area (TPSA) is 110 Å². The van der Waals surface area contributed by atoms with E-state index in [9.17, 15) is 13.2 Å². The summed E-state index contributed by atoms with van der Waals surface area (Å²) in [5, 5.41) is 3.89. The van der Waals surface area contributed by atoms with Crippen LogP contribution < -0.4 is 10.1 Å². The normalized spacial score (nSPS) is 12.0. The Morgan fingerprint density at radius 3 is 2.56 bits per heavy atom. The van der Waals surface area contributed by atoms with Crippen LogP contribution in [0.25, 0.3) is 0 Å². The van der Waals surface area contributed by atoms with Gasteiger partial charge in [-0.2, -0.15) is 5.10 Å². The fraction of sp³-hybridized carbons (Fsp3) is 0.250. The molecule has 0 unspecified atom stereocenters. The average molecular weight is 365 g/mol. The number of hydrogen-bond acceptors (Lipinski definition) is 6. The molecule has 1 heterocycles. The minimum atomic E-state index is -3.65. The first-order valence-corrected chi connectivity index (χ1v) is 9.00. The molecule has 8 nitrogen and oxygen atoms in total. The number of nitrogens with one attached hydrogen (secondary N) is 2. The van der Waals surface area contributed by atoms with Crippen molar-refractivity contribution < 1.29 is 22.4 Å². The number of rotatable bonds is 7. The molecule has 1 aromatic carbocycles. The van der Waals surface area contributed by atoms with Gasteiger partial charge in [0.05, 0.1) is 30.0 Å². The van der Waals surface area contributed by atoms with Crippen LogP contribution in [-0.4, -0.2) is 26.8 Å². The summed E-state index contributed by atoms with van der Waals surface area (Å²) in [6.45, 7) is 3.69. The van der Waals surface area contributed by atoms with E-state index in [1.807, 2.05) is 0 Å². The van der Waals surface area contributed by atoms with Crippen LogP contribution in [-0.2, 0) is 21.3 Å². The molecule has 0 bridgehead atoms. The van der Waals surface area contributed by atoms with Gasteiger partial charge in [0.1, 0.15) is 5.76 Å². The van der Waals surface area contributed by atoms with Gasteiger partial charge in [-0.05, 0) is 43.7 Å². The number of sulfonamides is 1.